The number of sulfonamides is 1. The van der Waals surface area contributed by atoms with Crippen molar-refractivity contribution in [3.05, 3.63) is 46.0 Å². The minimum Gasteiger partial charge on any atom is -0.376 e. The molecule has 0 atom stereocenters. The first kappa shape index (κ1) is 17.3. The second kappa shape index (κ2) is 7.30. The van der Waals surface area contributed by atoms with Gasteiger partial charge in [0.1, 0.15) is 0 Å². The number of non-ortho nitro benzene ring substituents is 1. The molecule has 1 aromatic carbocycles. The lowest BCUT2D eigenvalue weighted by Gasteiger charge is -2.09. The quantitative estimate of drug-likeness (QED) is 0.341. The summed E-state index contributed by atoms with van der Waals surface area (Å²) in [6.45, 7) is 7.68. The van der Waals surface area contributed by atoms with Crippen molar-refractivity contribution in [2.45, 2.75) is 18.7 Å². The molecule has 0 aliphatic heterocycles. The molecule has 0 spiro atoms. The Balaban J connectivity index is 2.76. The van der Waals surface area contributed by atoms with Crippen molar-refractivity contribution in [1.82, 2.24) is 4.72 Å². The maximum Gasteiger partial charge on any atom is 0.270 e. The number of hydrogen-bond acceptors (Lipinski definition) is 5. The standard InChI is InChI=1S/C13H18N2O5S/c1-10(2)9-20-7-6-14-21(18,19)13-8-12(15(16)17)5-4-11(13)3/h4-5,8,14H,1,6-7,9H2,2-3H3. The van der Waals surface area contributed by atoms with Crippen LogP contribution in [-0.4, -0.2) is 33.1 Å². The number of nitro benzene ring substituents is 1. The summed E-state index contributed by atoms with van der Waals surface area (Å²) >= 11 is 0. The van der Waals surface area contributed by atoms with Gasteiger partial charge in [0.2, 0.25) is 10.0 Å². The van der Waals surface area contributed by atoms with E-state index in [9.17, 15) is 18.5 Å². The Morgan fingerprint density at radius 1 is 1.48 bits per heavy atom. The lowest BCUT2D eigenvalue weighted by Crippen LogP contribution is -2.28. The van der Waals surface area contributed by atoms with Crippen LogP contribution >= 0.6 is 0 Å². The highest BCUT2D eigenvalue weighted by Gasteiger charge is 2.19. The zero-order valence-electron chi connectivity index (χ0n) is 12.0. The maximum absolute atomic E-state index is 12.1. The minimum atomic E-state index is -3.80. The predicted octanol–water partition coefficient (Wildman–Crippen LogP) is 1.77. The van der Waals surface area contributed by atoms with E-state index in [2.05, 4.69) is 11.3 Å². The van der Waals surface area contributed by atoms with Crippen molar-refractivity contribution >= 4 is 15.7 Å². The normalized spacial score (nSPS) is 11.3. The predicted molar refractivity (Wildman–Crippen MR) is 78.7 cm³/mol. The fourth-order valence-electron chi connectivity index (χ4n) is 1.56. The number of nitrogens with zero attached hydrogens (tertiary/aromatic N) is 1. The monoisotopic (exact) mass is 314 g/mol. The fraction of sp³-hybridized carbons (Fsp3) is 0.385. The van der Waals surface area contributed by atoms with Crippen molar-refractivity contribution < 1.29 is 18.1 Å². The van der Waals surface area contributed by atoms with E-state index in [-0.39, 0.29) is 23.7 Å². The van der Waals surface area contributed by atoms with Crippen molar-refractivity contribution in [2.75, 3.05) is 19.8 Å². The zero-order chi connectivity index (χ0) is 16.0. The third-order valence-electron chi connectivity index (χ3n) is 2.56. The molecule has 0 aromatic heterocycles. The molecule has 0 aliphatic carbocycles. The highest BCUT2D eigenvalue weighted by molar-refractivity contribution is 7.89. The van der Waals surface area contributed by atoms with Crippen LogP contribution in [0.3, 0.4) is 0 Å². The van der Waals surface area contributed by atoms with Crippen molar-refractivity contribution in [1.29, 1.82) is 0 Å². The molecule has 1 rings (SSSR count). The van der Waals surface area contributed by atoms with Gasteiger partial charge in [0, 0.05) is 18.7 Å². The summed E-state index contributed by atoms with van der Waals surface area (Å²) in [5.74, 6) is 0. The molecule has 7 nitrogen and oxygen atoms in total. The van der Waals surface area contributed by atoms with Gasteiger partial charge in [-0.1, -0.05) is 18.2 Å². The molecule has 0 unspecified atom stereocenters. The molecule has 21 heavy (non-hydrogen) atoms. The summed E-state index contributed by atoms with van der Waals surface area (Å²) in [5.41, 5.74) is 1.02. The number of ether oxygens (including phenoxy) is 1. The molecule has 8 heteroatoms. The summed E-state index contributed by atoms with van der Waals surface area (Å²) in [6.07, 6.45) is 0. The SMILES string of the molecule is C=C(C)COCCNS(=O)(=O)c1cc([N+](=O)[O-])ccc1C. The average molecular weight is 314 g/mol. The highest BCUT2D eigenvalue weighted by Crippen LogP contribution is 2.21. The molecular weight excluding hydrogens is 296 g/mol. The Bertz CT molecular complexity index is 640. The Morgan fingerprint density at radius 3 is 2.71 bits per heavy atom. The molecule has 0 bridgehead atoms. The number of benzene rings is 1. The van der Waals surface area contributed by atoms with E-state index >= 15 is 0 Å². The van der Waals surface area contributed by atoms with Gasteiger partial charge < -0.3 is 4.74 Å². The van der Waals surface area contributed by atoms with Gasteiger partial charge in [-0.2, -0.15) is 0 Å². The van der Waals surface area contributed by atoms with E-state index in [1.54, 1.807) is 13.8 Å². The summed E-state index contributed by atoms with van der Waals surface area (Å²) in [7, 11) is -3.80. The van der Waals surface area contributed by atoms with Crippen LogP contribution in [0.15, 0.2) is 35.2 Å². The average Bonchev–Trinajstić information content (AvgIpc) is 2.37. The van der Waals surface area contributed by atoms with Crippen molar-refractivity contribution in [2.24, 2.45) is 0 Å². The zero-order valence-corrected chi connectivity index (χ0v) is 12.8. The van der Waals surface area contributed by atoms with Crippen molar-refractivity contribution in [3.63, 3.8) is 0 Å². The number of nitrogens with one attached hydrogen (secondary N) is 1. The van der Waals surface area contributed by atoms with Gasteiger partial charge in [-0.05, 0) is 19.4 Å². The molecule has 0 amide bonds. The number of nitro groups is 1. The molecule has 0 radical (unpaired) electrons. The molecule has 0 fully saturated rings. The largest absolute Gasteiger partial charge is 0.376 e. The first-order valence-corrected chi connectivity index (χ1v) is 7.69. The van der Waals surface area contributed by atoms with Gasteiger partial charge in [0.05, 0.1) is 23.0 Å². The number of aryl methyl sites for hydroxylation is 1. The van der Waals surface area contributed by atoms with Gasteiger partial charge >= 0.3 is 0 Å². The molecule has 116 valence electrons. The lowest BCUT2D eigenvalue weighted by molar-refractivity contribution is -0.385. The molecule has 1 aromatic rings. The molecule has 1 N–H and O–H groups in total. The second-order valence-corrected chi connectivity index (χ2v) is 6.35. The Labute approximate surface area is 123 Å². The summed E-state index contributed by atoms with van der Waals surface area (Å²) in [6, 6.07) is 3.72. The molecule has 0 saturated heterocycles. The smallest absolute Gasteiger partial charge is 0.270 e. The van der Waals surface area contributed by atoms with Gasteiger partial charge in [-0.25, -0.2) is 13.1 Å². The molecule has 0 saturated carbocycles. The van der Waals surface area contributed by atoms with Crippen LogP contribution in [0.4, 0.5) is 5.69 Å². The third kappa shape index (κ3) is 5.25. The van der Waals surface area contributed by atoms with Gasteiger partial charge in [-0.3, -0.25) is 10.1 Å². The Morgan fingerprint density at radius 2 is 2.14 bits per heavy atom. The lowest BCUT2D eigenvalue weighted by atomic mass is 10.2. The fourth-order valence-corrected chi connectivity index (χ4v) is 2.84. The van der Waals surface area contributed by atoms with E-state index in [4.69, 9.17) is 4.74 Å². The minimum absolute atomic E-state index is 0.0811. The first-order valence-electron chi connectivity index (χ1n) is 6.21. The topological polar surface area (TPSA) is 98.5 Å². The van der Waals surface area contributed by atoms with Gasteiger partial charge in [-0.15, -0.1) is 0 Å². The third-order valence-corrected chi connectivity index (χ3v) is 4.16. The van der Waals surface area contributed by atoms with E-state index in [0.717, 1.165) is 11.6 Å². The van der Waals surface area contributed by atoms with Crippen LogP contribution < -0.4 is 4.72 Å². The van der Waals surface area contributed by atoms with Crippen LogP contribution in [0, 0.1) is 17.0 Å². The molecule has 0 heterocycles. The van der Waals surface area contributed by atoms with Crippen LogP contribution in [0.25, 0.3) is 0 Å². The van der Waals surface area contributed by atoms with Crippen LogP contribution in [0.1, 0.15) is 12.5 Å². The number of rotatable bonds is 8. The van der Waals surface area contributed by atoms with Crippen LogP contribution in [0.5, 0.6) is 0 Å². The highest BCUT2D eigenvalue weighted by atomic mass is 32.2. The van der Waals surface area contributed by atoms with E-state index in [1.807, 2.05) is 0 Å². The Kier molecular flexibility index (Phi) is 6.01. The molecular formula is C13H18N2O5S. The maximum atomic E-state index is 12.1. The van der Waals surface area contributed by atoms with Gasteiger partial charge in [0.15, 0.2) is 0 Å². The van der Waals surface area contributed by atoms with E-state index in [0.29, 0.717) is 12.2 Å². The first-order chi connectivity index (χ1) is 9.74. The number of hydrogen-bond donors (Lipinski definition) is 1. The summed E-state index contributed by atoms with van der Waals surface area (Å²) < 4.78 is 31.8. The van der Waals surface area contributed by atoms with Crippen LogP contribution in [-0.2, 0) is 14.8 Å². The van der Waals surface area contributed by atoms with Crippen molar-refractivity contribution in [3.8, 4) is 0 Å². The second-order valence-electron chi connectivity index (χ2n) is 4.61. The van der Waals surface area contributed by atoms with Crippen LogP contribution in [0.2, 0.25) is 0 Å². The summed E-state index contributed by atoms with van der Waals surface area (Å²) in [5, 5.41) is 10.7. The van der Waals surface area contributed by atoms with E-state index < -0.39 is 14.9 Å². The summed E-state index contributed by atoms with van der Waals surface area (Å²) in [4.78, 5) is 9.99. The van der Waals surface area contributed by atoms with E-state index in [1.165, 1.54) is 12.1 Å². The molecule has 0 aliphatic rings. The van der Waals surface area contributed by atoms with Gasteiger partial charge in [0.25, 0.3) is 5.69 Å². The Hall–Kier alpha value is -1.77.